The van der Waals surface area contributed by atoms with Gasteiger partial charge >= 0.3 is 0 Å². The van der Waals surface area contributed by atoms with Gasteiger partial charge in [0.2, 0.25) is 0 Å². The van der Waals surface area contributed by atoms with Gasteiger partial charge in [-0.15, -0.1) is 0 Å². The first-order valence-electron chi connectivity index (χ1n) is 9.55. The summed E-state index contributed by atoms with van der Waals surface area (Å²) in [4.78, 5) is 4.50. The zero-order valence-corrected chi connectivity index (χ0v) is 15.4. The number of guanidine groups is 1. The van der Waals surface area contributed by atoms with Crippen LogP contribution >= 0.6 is 0 Å². The van der Waals surface area contributed by atoms with Crippen LogP contribution in [0.2, 0.25) is 0 Å². The summed E-state index contributed by atoms with van der Waals surface area (Å²) < 4.78 is 5.81. The van der Waals surface area contributed by atoms with Crippen LogP contribution in [0.5, 0.6) is 0 Å². The van der Waals surface area contributed by atoms with Crippen LogP contribution in [0.15, 0.2) is 59.6 Å². The van der Waals surface area contributed by atoms with Gasteiger partial charge in [0, 0.05) is 6.04 Å². The van der Waals surface area contributed by atoms with Gasteiger partial charge in [0.1, 0.15) is 0 Å². The number of hydrogen-bond donors (Lipinski definition) is 2. The van der Waals surface area contributed by atoms with Crippen LogP contribution in [0.25, 0.3) is 0 Å². The van der Waals surface area contributed by atoms with Crippen molar-refractivity contribution in [2.75, 3.05) is 0 Å². The first kappa shape index (κ1) is 18.5. The van der Waals surface area contributed by atoms with Crippen molar-refractivity contribution in [1.29, 1.82) is 0 Å². The highest BCUT2D eigenvalue weighted by Gasteiger charge is 2.13. The third-order valence-electron chi connectivity index (χ3n) is 4.76. The molecule has 0 saturated heterocycles. The maximum atomic E-state index is 6.05. The van der Waals surface area contributed by atoms with Crippen LogP contribution in [0.4, 0.5) is 0 Å². The van der Waals surface area contributed by atoms with Crippen molar-refractivity contribution in [2.45, 2.75) is 57.9 Å². The van der Waals surface area contributed by atoms with Crippen molar-refractivity contribution in [3.05, 3.63) is 71.3 Å². The number of hydrogen-bond acceptors (Lipinski definition) is 2. The minimum atomic E-state index is 0.491. The predicted octanol–water partition coefficient (Wildman–Crippen LogP) is 4.14. The molecular formula is C22H29N3O. The van der Waals surface area contributed by atoms with Gasteiger partial charge in [-0.1, -0.05) is 73.9 Å². The molecule has 2 aromatic carbocycles. The number of aliphatic imine (C=N–C) groups is 1. The molecule has 4 nitrogen and oxygen atoms in total. The van der Waals surface area contributed by atoms with Gasteiger partial charge < -0.3 is 15.8 Å². The fourth-order valence-electron chi connectivity index (χ4n) is 3.36. The van der Waals surface area contributed by atoms with Crippen molar-refractivity contribution in [3.8, 4) is 0 Å². The summed E-state index contributed by atoms with van der Waals surface area (Å²) >= 11 is 0. The van der Waals surface area contributed by atoms with Crippen molar-refractivity contribution in [2.24, 2.45) is 10.7 Å². The van der Waals surface area contributed by atoms with Crippen molar-refractivity contribution in [3.63, 3.8) is 0 Å². The second-order valence-corrected chi connectivity index (χ2v) is 6.98. The molecule has 3 N–H and O–H groups in total. The molecule has 0 atom stereocenters. The summed E-state index contributed by atoms with van der Waals surface area (Å²) in [6.07, 6.45) is 6.31. The van der Waals surface area contributed by atoms with Crippen LogP contribution in [0, 0.1) is 0 Å². The van der Waals surface area contributed by atoms with Crippen molar-refractivity contribution in [1.82, 2.24) is 5.32 Å². The highest BCUT2D eigenvalue weighted by atomic mass is 16.5. The predicted molar refractivity (Wildman–Crippen MR) is 107 cm³/mol. The maximum absolute atomic E-state index is 6.05. The average Bonchev–Trinajstić information content (AvgIpc) is 2.68. The Hall–Kier alpha value is -2.33. The van der Waals surface area contributed by atoms with E-state index in [0.717, 1.165) is 11.1 Å². The van der Waals surface area contributed by atoms with E-state index in [4.69, 9.17) is 10.5 Å². The highest BCUT2D eigenvalue weighted by Crippen LogP contribution is 2.17. The van der Waals surface area contributed by atoms with Crippen LogP contribution < -0.4 is 11.1 Å². The smallest absolute Gasteiger partial charge is 0.189 e. The molecule has 3 rings (SSSR count). The molecule has 0 radical (unpaired) electrons. The van der Waals surface area contributed by atoms with Gasteiger partial charge in [-0.3, -0.25) is 0 Å². The number of nitrogens with one attached hydrogen (secondary N) is 1. The molecule has 26 heavy (non-hydrogen) atoms. The van der Waals surface area contributed by atoms with Gasteiger partial charge in [-0.05, 0) is 29.5 Å². The lowest BCUT2D eigenvalue weighted by Crippen LogP contribution is -2.41. The minimum Gasteiger partial charge on any atom is -0.372 e. The second kappa shape index (κ2) is 9.97. The van der Waals surface area contributed by atoms with Gasteiger partial charge in [0.15, 0.2) is 5.96 Å². The van der Waals surface area contributed by atoms with Gasteiger partial charge in [0.05, 0.1) is 19.8 Å². The molecule has 0 unspecified atom stereocenters. The third kappa shape index (κ3) is 6.19. The minimum absolute atomic E-state index is 0.491. The molecule has 2 aromatic rings. The lowest BCUT2D eigenvalue weighted by molar-refractivity contribution is 0.107. The Morgan fingerprint density at radius 2 is 1.62 bits per heavy atom. The zero-order chi connectivity index (χ0) is 18.0. The van der Waals surface area contributed by atoms with E-state index >= 15 is 0 Å². The molecule has 0 aromatic heterocycles. The first-order valence-corrected chi connectivity index (χ1v) is 9.55. The van der Waals surface area contributed by atoms with Crippen molar-refractivity contribution < 1.29 is 4.74 Å². The number of nitrogens with zero attached hydrogens (tertiary/aromatic N) is 1. The first-order chi connectivity index (χ1) is 12.8. The summed E-state index contributed by atoms with van der Waals surface area (Å²) in [7, 11) is 0. The number of benzene rings is 2. The molecule has 138 valence electrons. The Labute approximate surface area is 156 Å². The van der Waals surface area contributed by atoms with E-state index in [1.54, 1.807) is 0 Å². The zero-order valence-electron chi connectivity index (χ0n) is 15.4. The summed E-state index contributed by atoms with van der Waals surface area (Å²) in [5, 5.41) is 3.36. The summed E-state index contributed by atoms with van der Waals surface area (Å²) in [6.45, 7) is 1.82. The quantitative estimate of drug-likeness (QED) is 0.582. The second-order valence-electron chi connectivity index (χ2n) is 6.98. The van der Waals surface area contributed by atoms with E-state index in [1.165, 1.54) is 37.7 Å². The maximum Gasteiger partial charge on any atom is 0.189 e. The fourth-order valence-corrected chi connectivity index (χ4v) is 3.36. The van der Waals surface area contributed by atoms with Crippen LogP contribution in [0.1, 0.15) is 48.8 Å². The van der Waals surface area contributed by atoms with E-state index in [1.807, 2.05) is 18.2 Å². The fraction of sp³-hybridized carbons (Fsp3) is 0.409. The molecule has 1 aliphatic carbocycles. The average molecular weight is 351 g/mol. The molecule has 0 spiro atoms. The molecule has 1 aliphatic rings. The Morgan fingerprint density at radius 3 is 2.42 bits per heavy atom. The molecule has 4 heteroatoms. The highest BCUT2D eigenvalue weighted by molar-refractivity contribution is 5.78. The molecule has 0 amide bonds. The van der Waals surface area contributed by atoms with E-state index in [0.29, 0.717) is 31.8 Å². The number of nitrogens with two attached hydrogens (primary N) is 1. The van der Waals surface area contributed by atoms with Gasteiger partial charge in [-0.2, -0.15) is 0 Å². The molecule has 1 fully saturated rings. The normalized spacial score (nSPS) is 15.8. The molecular weight excluding hydrogens is 322 g/mol. The van der Waals surface area contributed by atoms with Crippen LogP contribution in [-0.4, -0.2) is 12.0 Å². The van der Waals surface area contributed by atoms with Gasteiger partial charge in [0.25, 0.3) is 0 Å². The van der Waals surface area contributed by atoms with Crippen LogP contribution in [0.3, 0.4) is 0 Å². The van der Waals surface area contributed by atoms with E-state index < -0.39 is 0 Å². The van der Waals surface area contributed by atoms with E-state index in [2.05, 4.69) is 46.7 Å². The standard InChI is InChI=1S/C22H29N3O/c23-22(25-21-12-5-2-6-13-21)24-15-19-10-7-11-20(14-19)17-26-16-18-8-3-1-4-9-18/h1,3-4,7-11,14,21H,2,5-6,12-13,15-17H2,(H3,23,24,25). The van der Waals surface area contributed by atoms with Crippen LogP contribution in [-0.2, 0) is 24.5 Å². The van der Waals surface area contributed by atoms with Crippen molar-refractivity contribution >= 4 is 5.96 Å². The molecule has 0 bridgehead atoms. The monoisotopic (exact) mass is 351 g/mol. The van der Waals surface area contributed by atoms with E-state index in [9.17, 15) is 0 Å². The summed E-state index contributed by atoms with van der Waals surface area (Å²) in [5.41, 5.74) is 9.55. The number of rotatable bonds is 7. The number of ether oxygens (including phenoxy) is 1. The lowest BCUT2D eigenvalue weighted by Gasteiger charge is -2.23. The SMILES string of the molecule is NC(=NCc1cccc(COCc2ccccc2)c1)NC1CCCCC1. The summed E-state index contributed by atoms with van der Waals surface area (Å²) in [5.74, 6) is 0.558. The molecule has 0 heterocycles. The Bertz CT molecular complexity index is 694. The Morgan fingerprint density at radius 1 is 0.923 bits per heavy atom. The third-order valence-corrected chi connectivity index (χ3v) is 4.76. The molecule has 1 saturated carbocycles. The Balaban J connectivity index is 1.46. The Kier molecular flexibility index (Phi) is 7.08. The topological polar surface area (TPSA) is 59.6 Å². The molecule has 0 aliphatic heterocycles. The van der Waals surface area contributed by atoms with E-state index in [-0.39, 0.29) is 0 Å². The summed E-state index contributed by atoms with van der Waals surface area (Å²) in [6, 6.07) is 19.1. The van der Waals surface area contributed by atoms with Gasteiger partial charge in [-0.25, -0.2) is 4.99 Å². The lowest BCUT2D eigenvalue weighted by atomic mass is 9.96. The largest absolute Gasteiger partial charge is 0.372 e.